The highest BCUT2D eigenvalue weighted by Gasteiger charge is 2.39. The van der Waals surface area contributed by atoms with Gasteiger partial charge >= 0.3 is 6.18 Å². The Morgan fingerprint density at radius 3 is 2.81 bits per heavy atom. The van der Waals surface area contributed by atoms with Gasteiger partial charge in [0.15, 0.2) is 0 Å². The van der Waals surface area contributed by atoms with E-state index < -0.39 is 12.0 Å². The molecule has 0 aliphatic carbocycles. The first kappa shape index (κ1) is 13.7. The molecular weight excluding hydrogens is 285 g/mol. The third-order valence-electron chi connectivity index (χ3n) is 3.38. The van der Waals surface area contributed by atoms with Crippen LogP contribution >= 0.6 is 0 Å². The van der Waals surface area contributed by atoms with Gasteiger partial charge in [-0.3, -0.25) is 0 Å². The molecule has 3 rings (SSSR count). The Labute approximate surface area is 118 Å². The number of nitrogens with zero attached hydrogens (tertiary/aromatic N) is 3. The number of hydrogen-bond donors (Lipinski definition) is 1. The third-order valence-corrected chi connectivity index (χ3v) is 3.38. The number of alkyl halides is 3. The minimum atomic E-state index is -4.56. The SMILES string of the molecule is COc1ccccc1C1CCNc2nc(C(F)(F)F)nn21. The maximum absolute atomic E-state index is 12.8. The van der Waals surface area contributed by atoms with Gasteiger partial charge in [-0.1, -0.05) is 18.2 Å². The number of ether oxygens (including phenoxy) is 1. The second-order valence-electron chi connectivity index (χ2n) is 4.67. The predicted octanol–water partition coefficient (Wildman–Crippen LogP) is 2.71. The molecule has 2 heterocycles. The van der Waals surface area contributed by atoms with Gasteiger partial charge in [-0.2, -0.15) is 18.2 Å². The molecule has 0 bridgehead atoms. The number of rotatable bonds is 2. The minimum Gasteiger partial charge on any atom is -0.496 e. The number of methoxy groups -OCH3 is 1. The molecule has 8 heteroatoms. The minimum absolute atomic E-state index is 0.129. The maximum atomic E-state index is 12.8. The molecule has 0 saturated heterocycles. The van der Waals surface area contributed by atoms with Crippen molar-refractivity contribution in [3.63, 3.8) is 0 Å². The largest absolute Gasteiger partial charge is 0.496 e. The Morgan fingerprint density at radius 1 is 1.33 bits per heavy atom. The average Bonchev–Trinajstić information content (AvgIpc) is 2.91. The van der Waals surface area contributed by atoms with E-state index in [2.05, 4.69) is 15.4 Å². The zero-order chi connectivity index (χ0) is 15.0. The Balaban J connectivity index is 2.06. The van der Waals surface area contributed by atoms with E-state index in [-0.39, 0.29) is 12.0 Å². The van der Waals surface area contributed by atoms with Crippen molar-refractivity contribution in [3.8, 4) is 5.75 Å². The van der Waals surface area contributed by atoms with Crippen LogP contribution in [0.5, 0.6) is 5.75 Å². The van der Waals surface area contributed by atoms with Gasteiger partial charge in [-0.25, -0.2) is 4.68 Å². The van der Waals surface area contributed by atoms with Crippen LogP contribution in [0.3, 0.4) is 0 Å². The van der Waals surface area contributed by atoms with Crippen LogP contribution in [0.4, 0.5) is 19.1 Å². The summed E-state index contributed by atoms with van der Waals surface area (Å²) >= 11 is 0. The molecule has 5 nitrogen and oxygen atoms in total. The fraction of sp³-hybridized carbons (Fsp3) is 0.385. The third kappa shape index (κ3) is 2.41. The second-order valence-corrected chi connectivity index (χ2v) is 4.67. The van der Waals surface area contributed by atoms with E-state index in [0.29, 0.717) is 18.7 Å². The molecule has 0 spiro atoms. The molecule has 1 aromatic carbocycles. The van der Waals surface area contributed by atoms with Gasteiger partial charge in [-0.05, 0) is 12.5 Å². The first-order valence-electron chi connectivity index (χ1n) is 6.41. The van der Waals surface area contributed by atoms with E-state index in [1.165, 1.54) is 11.8 Å². The quantitative estimate of drug-likeness (QED) is 0.926. The van der Waals surface area contributed by atoms with Gasteiger partial charge in [-0.15, -0.1) is 5.10 Å². The summed E-state index contributed by atoms with van der Waals surface area (Å²) in [6.45, 7) is 0.526. The molecule has 0 saturated carbocycles. The van der Waals surface area contributed by atoms with E-state index in [4.69, 9.17) is 4.74 Å². The number of halogens is 3. The number of benzene rings is 1. The maximum Gasteiger partial charge on any atom is 0.453 e. The molecular formula is C13H13F3N4O. The van der Waals surface area contributed by atoms with E-state index >= 15 is 0 Å². The second kappa shape index (κ2) is 4.94. The number of fused-ring (bicyclic) bond motifs is 1. The van der Waals surface area contributed by atoms with Crippen LogP contribution in [0.15, 0.2) is 24.3 Å². The van der Waals surface area contributed by atoms with Crippen LogP contribution in [-0.4, -0.2) is 28.4 Å². The zero-order valence-electron chi connectivity index (χ0n) is 11.2. The molecule has 1 aromatic heterocycles. The lowest BCUT2D eigenvalue weighted by atomic mass is 10.0. The van der Waals surface area contributed by atoms with E-state index in [1.54, 1.807) is 6.07 Å². The predicted molar refractivity (Wildman–Crippen MR) is 69.3 cm³/mol. The standard InChI is InChI=1S/C13H13F3N4O/c1-21-10-5-3-2-4-8(10)9-6-7-17-12-18-11(13(14,15)16)19-20(9)12/h2-5,9H,6-7H2,1H3,(H,17,18,19). The van der Waals surface area contributed by atoms with Gasteiger partial charge in [0.1, 0.15) is 5.75 Å². The lowest BCUT2D eigenvalue weighted by molar-refractivity contribution is -0.145. The Kier molecular flexibility index (Phi) is 3.23. The van der Waals surface area contributed by atoms with E-state index in [9.17, 15) is 13.2 Å². The first-order chi connectivity index (χ1) is 10.0. The van der Waals surface area contributed by atoms with Gasteiger partial charge in [0.25, 0.3) is 5.82 Å². The van der Waals surface area contributed by atoms with Crippen molar-refractivity contribution in [2.24, 2.45) is 0 Å². The van der Waals surface area contributed by atoms with Crippen LogP contribution in [0, 0.1) is 0 Å². The fourth-order valence-corrected chi connectivity index (χ4v) is 2.45. The molecule has 1 N–H and O–H groups in total. The van der Waals surface area contributed by atoms with Crippen molar-refractivity contribution >= 4 is 5.95 Å². The summed E-state index contributed by atoms with van der Waals surface area (Å²) in [7, 11) is 1.53. The van der Waals surface area contributed by atoms with Gasteiger partial charge < -0.3 is 10.1 Å². The van der Waals surface area contributed by atoms with Gasteiger partial charge in [0, 0.05) is 12.1 Å². The summed E-state index contributed by atoms with van der Waals surface area (Å²) in [5.41, 5.74) is 0.793. The van der Waals surface area contributed by atoms with Crippen molar-refractivity contribution in [1.29, 1.82) is 0 Å². The summed E-state index contributed by atoms with van der Waals surface area (Å²) in [5.74, 6) is -0.379. The molecule has 0 fully saturated rings. The van der Waals surface area contributed by atoms with Crippen molar-refractivity contribution < 1.29 is 17.9 Å². The van der Waals surface area contributed by atoms with Crippen LogP contribution in [0.2, 0.25) is 0 Å². The molecule has 21 heavy (non-hydrogen) atoms. The highest BCUT2D eigenvalue weighted by Crippen LogP contribution is 2.36. The van der Waals surface area contributed by atoms with Crippen LogP contribution in [0.1, 0.15) is 23.9 Å². The zero-order valence-corrected chi connectivity index (χ0v) is 11.2. The monoisotopic (exact) mass is 298 g/mol. The van der Waals surface area contributed by atoms with Crippen LogP contribution in [-0.2, 0) is 6.18 Å². The summed E-state index contributed by atoms with van der Waals surface area (Å²) < 4.78 is 44.8. The summed E-state index contributed by atoms with van der Waals surface area (Å²) in [6.07, 6.45) is -3.95. The Hall–Kier alpha value is -2.25. The van der Waals surface area contributed by atoms with E-state index in [1.807, 2.05) is 18.2 Å². The van der Waals surface area contributed by atoms with Crippen molar-refractivity contribution in [1.82, 2.24) is 14.8 Å². The Morgan fingerprint density at radius 2 is 2.10 bits per heavy atom. The number of anilines is 1. The first-order valence-corrected chi connectivity index (χ1v) is 6.41. The highest BCUT2D eigenvalue weighted by molar-refractivity contribution is 5.40. The molecule has 0 amide bonds. The average molecular weight is 298 g/mol. The lowest BCUT2D eigenvalue weighted by Crippen LogP contribution is -2.25. The topological polar surface area (TPSA) is 52.0 Å². The summed E-state index contributed by atoms with van der Waals surface area (Å²) in [5, 5.41) is 6.46. The molecule has 112 valence electrons. The normalized spacial score (nSPS) is 18.0. The molecule has 1 aliphatic heterocycles. The molecule has 2 aromatic rings. The fourth-order valence-electron chi connectivity index (χ4n) is 2.45. The number of hydrogen-bond acceptors (Lipinski definition) is 4. The molecule has 1 atom stereocenters. The van der Waals surface area contributed by atoms with Crippen molar-refractivity contribution in [2.75, 3.05) is 19.0 Å². The molecule has 1 unspecified atom stereocenters. The van der Waals surface area contributed by atoms with Crippen molar-refractivity contribution in [2.45, 2.75) is 18.6 Å². The van der Waals surface area contributed by atoms with Crippen LogP contribution in [0.25, 0.3) is 0 Å². The Bertz CT molecular complexity index is 653. The lowest BCUT2D eigenvalue weighted by Gasteiger charge is -2.25. The summed E-state index contributed by atoms with van der Waals surface area (Å²) in [4.78, 5) is 3.53. The molecule has 1 aliphatic rings. The van der Waals surface area contributed by atoms with E-state index in [0.717, 1.165) is 5.56 Å². The van der Waals surface area contributed by atoms with Crippen LogP contribution < -0.4 is 10.1 Å². The highest BCUT2D eigenvalue weighted by atomic mass is 19.4. The number of nitrogens with one attached hydrogen (secondary N) is 1. The van der Waals surface area contributed by atoms with Gasteiger partial charge in [0.2, 0.25) is 5.95 Å². The van der Waals surface area contributed by atoms with Crippen molar-refractivity contribution in [3.05, 3.63) is 35.7 Å². The number of aromatic nitrogens is 3. The molecule has 0 radical (unpaired) electrons. The van der Waals surface area contributed by atoms with Gasteiger partial charge in [0.05, 0.1) is 13.2 Å². The summed E-state index contributed by atoms with van der Waals surface area (Å²) in [6, 6.07) is 6.90. The number of para-hydroxylation sites is 1. The smallest absolute Gasteiger partial charge is 0.453 e.